The van der Waals surface area contributed by atoms with Crippen molar-refractivity contribution in [3.63, 3.8) is 0 Å². The van der Waals surface area contributed by atoms with Crippen LogP contribution in [0.4, 0.5) is 0 Å². The minimum atomic E-state index is -0.416. The van der Waals surface area contributed by atoms with Gasteiger partial charge in [0.1, 0.15) is 0 Å². The Hall–Kier alpha value is -0.920. The third-order valence-electron chi connectivity index (χ3n) is 3.75. The second-order valence-electron chi connectivity index (χ2n) is 5.88. The molecule has 0 bridgehead atoms. The Balaban J connectivity index is 2.70. The monoisotopic (exact) mass is 280 g/mol. The van der Waals surface area contributed by atoms with Crippen molar-refractivity contribution in [2.45, 2.75) is 91.3 Å². The van der Waals surface area contributed by atoms with Crippen LogP contribution in [0.3, 0.4) is 0 Å². The first-order valence-electron chi connectivity index (χ1n) is 8.33. The van der Waals surface area contributed by atoms with Crippen molar-refractivity contribution in [1.82, 2.24) is 0 Å². The molecule has 0 unspecified atom stereocenters. The molecule has 1 fully saturated rings. The lowest BCUT2D eigenvalue weighted by Crippen LogP contribution is -2.37. The lowest BCUT2D eigenvalue weighted by atomic mass is 9.94. The van der Waals surface area contributed by atoms with Crippen LogP contribution in [0.2, 0.25) is 0 Å². The average Bonchev–Trinajstić information content (AvgIpc) is 2.43. The van der Waals surface area contributed by atoms with Gasteiger partial charge < -0.3 is 9.47 Å². The fourth-order valence-electron chi connectivity index (χ4n) is 2.68. The summed E-state index contributed by atoms with van der Waals surface area (Å²) in [5, 5.41) is 0. The van der Waals surface area contributed by atoms with Gasteiger partial charge in [0.25, 0.3) is 0 Å². The quantitative estimate of drug-likeness (QED) is 0.396. The number of hydrogen-bond acceptors (Lipinski definition) is 2. The predicted octanol–water partition coefficient (Wildman–Crippen LogP) is 6.09. The first-order chi connectivity index (χ1) is 9.62. The first-order valence-corrected chi connectivity index (χ1v) is 8.33. The zero-order valence-electron chi connectivity index (χ0n) is 13.8. The Morgan fingerprint density at radius 3 is 1.70 bits per heavy atom. The molecule has 0 spiro atoms. The summed E-state index contributed by atoms with van der Waals surface area (Å²) < 4.78 is 12.5. The molecular formula is C18H32O2. The van der Waals surface area contributed by atoms with Gasteiger partial charge in [0.15, 0.2) is 0 Å². The van der Waals surface area contributed by atoms with Crippen molar-refractivity contribution in [1.29, 1.82) is 0 Å². The molecule has 0 aliphatic heterocycles. The number of allylic oxidation sites excluding steroid dienone is 4. The molecule has 20 heavy (non-hydrogen) atoms. The Kier molecular flexibility index (Phi) is 7.79. The topological polar surface area (TPSA) is 18.5 Å². The van der Waals surface area contributed by atoms with E-state index in [9.17, 15) is 0 Å². The summed E-state index contributed by atoms with van der Waals surface area (Å²) in [6.45, 7) is 8.49. The molecule has 0 aromatic carbocycles. The first kappa shape index (κ1) is 17.1. The minimum absolute atomic E-state index is 0.416. The van der Waals surface area contributed by atoms with Gasteiger partial charge in [-0.3, -0.25) is 0 Å². The largest absolute Gasteiger partial charge is 0.457 e. The second-order valence-corrected chi connectivity index (χ2v) is 5.88. The zero-order valence-corrected chi connectivity index (χ0v) is 13.8. The highest BCUT2D eigenvalue weighted by Gasteiger charge is 2.36. The molecule has 0 saturated heterocycles. The summed E-state index contributed by atoms with van der Waals surface area (Å²) in [5.41, 5.74) is 0. The van der Waals surface area contributed by atoms with Crippen molar-refractivity contribution in [3.05, 3.63) is 23.7 Å². The summed E-state index contributed by atoms with van der Waals surface area (Å²) in [7, 11) is 0. The van der Waals surface area contributed by atoms with Crippen LogP contribution >= 0.6 is 0 Å². The smallest absolute Gasteiger partial charge is 0.250 e. The van der Waals surface area contributed by atoms with Crippen LogP contribution in [0.1, 0.15) is 85.5 Å². The minimum Gasteiger partial charge on any atom is -0.457 e. The van der Waals surface area contributed by atoms with Crippen LogP contribution in [0.5, 0.6) is 0 Å². The molecule has 1 aliphatic rings. The molecule has 0 atom stereocenters. The summed E-state index contributed by atoms with van der Waals surface area (Å²) in [6.07, 6.45) is 14.5. The van der Waals surface area contributed by atoms with Crippen molar-refractivity contribution < 1.29 is 9.47 Å². The lowest BCUT2D eigenvalue weighted by Gasteiger charge is -2.38. The van der Waals surface area contributed by atoms with Crippen LogP contribution in [0.25, 0.3) is 0 Å². The molecular weight excluding hydrogens is 248 g/mol. The van der Waals surface area contributed by atoms with Crippen molar-refractivity contribution in [2.75, 3.05) is 0 Å². The summed E-state index contributed by atoms with van der Waals surface area (Å²) in [4.78, 5) is 0. The molecule has 116 valence electrons. The van der Waals surface area contributed by atoms with E-state index in [0.717, 1.165) is 50.0 Å². The van der Waals surface area contributed by atoms with E-state index >= 15 is 0 Å². The SMILES string of the molecule is CCCC=C(C)OC1(OC(C)=CCCC)CCCCC1. The van der Waals surface area contributed by atoms with E-state index in [1.165, 1.54) is 19.3 Å². The zero-order chi connectivity index (χ0) is 14.8. The average molecular weight is 280 g/mol. The molecule has 0 aromatic rings. The van der Waals surface area contributed by atoms with Gasteiger partial charge in [0.2, 0.25) is 5.79 Å². The summed E-state index contributed by atoms with van der Waals surface area (Å²) >= 11 is 0. The number of unbranched alkanes of at least 4 members (excludes halogenated alkanes) is 2. The molecule has 0 radical (unpaired) electrons. The van der Waals surface area contributed by atoms with E-state index in [4.69, 9.17) is 9.47 Å². The summed E-state index contributed by atoms with van der Waals surface area (Å²) in [6, 6.07) is 0. The van der Waals surface area contributed by atoms with E-state index < -0.39 is 5.79 Å². The fraction of sp³-hybridized carbons (Fsp3) is 0.778. The fourth-order valence-corrected chi connectivity index (χ4v) is 2.68. The molecule has 1 aliphatic carbocycles. The maximum absolute atomic E-state index is 6.23. The molecule has 1 rings (SSSR count). The highest BCUT2D eigenvalue weighted by molar-refractivity contribution is 4.96. The number of rotatable bonds is 8. The van der Waals surface area contributed by atoms with Crippen molar-refractivity contribution in [2.24, 2.45) is 0 Å². The van der Waals surface area contributed by atoms with Gasteiger partial charge in [0.05, 0.1) is 11.5 Å². The molecule has 1 saturated carbocycles. The van der Waals surface area contributed by atoms with Gasteiger partial charge in [-0.25, -0.2) is 0 Å². The van der Waals surface area contributed by atoms with Crippen LogP contribution in [0.15, 0.2) is 23.7 Å². The van der Waals surface area contributed by atoms with E-state index in [0.29, 0.717) is 0 Å². The summed E-state index contributed by atoms with van der Waals surface area (Å²) in [5.74, 6) is 1.61. The van der Waals surface area contributed by atoms with E-state index in [1.807, 2.05) is 0 Å². The highest BCUT2D eigenvalue weighted by atomic mass is 16.7. The molecule has 2 nitrogen and oxygen atoms in total. The van der Waals surface area contributed by atoms with Gasteiger partial charge >= 0.3 is 0 Å². The third kappa shape index (κ3) is 6.02. The molecule has 0 N–H and O–H groups in total. The lowest BCUT2D eigenvalue weighted by molar-refractivity contribution is -0.209. The van der Waals surface area contributed by atoms with Gasteiger partial charge in [-0.05, 0) is 51.7 Å². The van der Waals surface area contributed by atoms with Gasteiger partial charge in [0, 0.05) is 12.8 Å². The Morgan fingerprint density at radius 1 is 0.850 bits per heavy atom. The molecule has 0 aromatic heterocycles. The van der Waals surface area contributed by atoms with E-state index in [2.05, 4.69) is 39.8 Å². The Morgan fingerprint density at radius 2 is 1.30 bits per heavy atom. The highest BCUT2D eigenvalue weighted by Crippen LogP contribution is 2.36. The van der Waals surface area contributed by atoms with Crippen LogP contribution < -0.4 is 0 Å². The Labute approximate surface area is 125 Å². The Bertz CT molecular complexity index is 296. The van der Waals surface area contributed by atoms with E-state index in [-0.39, 0.29) is 0 Å². The van der Waals surface area contributed by atoms with Gasteiger partial charge in [-0.1, -0.05) is 33.1 Å². The van der Waals surface area contributed by atoms with Crippen molar-refractivity contribution >= 4 is 0 Å². The van der Waals surface area contributed by atoms with Gasteiger partial charge in [-0.15, -0.1) is 0 Å². The van der Waals surface area contributed by atoms with Crippen LogP contribution in [-0.2, 0) is 9.47 Å². The normalized spacial score (nSPS) is 19.8. The maximum Gasteiger partial charge on any atom is 0.250 e. The predicted molar refractivity (Wildman–Crippen MR) is 85.3 cm³/mol. The van der Waals surface area contributed by atoms with E-state index in [1.54, 1.807) is 0 Å². The third-order valence-corrected chi connectivity index (χ3v) is 3.75. The van der Waals surface area contributed by atoms with Crippen LogP contribution in [-0.4, -0.2) is 5.79 Å². The molecule has 2 heteroatoms. The number of hydrogen-bond donors (Lipinski definition) is 0. The van der Waals surface area contributed by atoms with Crippen LogP contribution in [0, 0.1) is 0 Å². The maximum atomic E-state index is 6.23. The standard InChI is InChI=1S/C18H32O2/c1-5-7-12-16(3)19-18(14-10-9-11-15-18)20-17(4)13-8-6-2/h12-13H,5-11,14-15H2,1-4H3. The van der Waals surface area contributed by atoms with Crippen molar-refractivity contribution in [3.8, 4) is 0 Å². The van der Waals surface area contributed by atoms with Gasteiger partial charge in [-0.2, -0.15) is 0 Å². The second kappa shape index (κ2) is 9.10. The molecule has 0 heterocycles. The number of ether oxygens (including phenoxy) is 2. The molecule has 0 amide bonds.